The zero-order valence-electron chi connectivity index (χ0n) is 11.1. The number of benzene rings is 1. The first-order valence-electron chi connectivity index (χ1n) is 6.64. The van der Waals surface area contributed by atoms with Crippen LogP contribution in [-0.4, -0.2) is 39.7 Å². The largest absolute Gasteiger partial charge is 0.373 e. The lowest BCUT2D eigenvalue weighted by Crippen LogP contribution is -2.38. The molecular weight excluding hydrogens is 298 g/mol. The zero-order chi connectivity index (χ0) is 14.8. The van der Waals surface area contributed by atoms with Crippen LogP contribution in [0.1, 0.15) is 12.0 Å². The van der Waals surface area contributed by atoms with Crippen molar-refractivity contribution in [2.75, 3.05) is 6.61 Å². The summed E-state index contributed by atoms with van der Waals surface area (Å²) in [7, 11) is -1.43. The van der Waals surface area contributed by atoms with E-state index < -0.39 is 33.5 Å². The van der Waals surface area contributed by atoms with Gasteiger partial charge in [0.25, 0.3) is 5.09 Å². The first-order valence-corrected chi connectivity index (χ1v) is 8.02. The Labute approximate surface area is 123 Å². The molecule has 2 fully saturated rings. The lowest BCUT2D eigenvalue weighted by molar-refractivity contribution is -0.770. The van der Waals surface area contributed by atoms with Crippen molar-refractivity contribution >= 4 is 10.8 Å². The summed E-state index contributed by atoms with van der Waals surface area (Å²) in [6.45, 7) is 0.477. The fraction of sp³-hybridized carbons (Fsp3) is 0.538. The molecule has 21 heavy (non-hydrogen) atoms. The van der Waals surface area contributed by atoms with E-state index >= 15 is 0 Å². The highest BCUT2D eigenvalue weighted by molar-refractivity contribution is 7.84. The molecule has 0 radical (unpaired) electrons. The Kier molecular flexibility index (Phi) is 4.18. The van der Waals surface area contributed by atoms with Crippen LogP contribution in [0.15, 0.2) is 30.3 Å². The highest BCUT2D eigenvalue weighted by Gasteiger charge is 2.52. The van der Waals surface area contributed by atoms with Crippen LogP contribution < -0.4 is 0 Å². The fourth-order valence-electron chi connectivity index (χ4n) is 2.69. The van der Waals surface area contributed by atoms with E-state index in [0.29, 0.717) is 13.0 Å². The molecule has 8 heteroatoms. The Balaban J connectivity index is 1.73. The summed E-state index contributed by atoms with van der Waals surface area (Å²) in [5.74, 6) is 0.266. The molecule has 114 valence electrons. The Morgan fingerprint density at radius 2 is 2.14 bits per heavy atom. The second-order valence-electron chi connectivity index (χ2n) is 4.97. The molecule has 1 aromatic carbocycles. The minimum atomic E-state index is -1.43. The Hall–Kier alpha value is -1.51. The molecule has 0 saturated carbocycles. The molecule has 0 aliphatic carbocycles. The SMILES string of the molecule is O=[N+]([O-])OC1C2OCCC2OC1S(=O)Cc1ccccc1. The highest BCUT2D eigenvalue weighted by atomic mass is 32.2. The first kappa shape index (κ1) is 14.4. The van der Waals surface area contributed by atoms with Gasteiger partial charge in [0, 0.05) is 6.61 Å². The molecule has 5 unspecified atom stereocenters. The molecular formula is C13H15NO6S. The van der Waals surface area contributed by atoms with Crippen LogP contribution in [-0.2, 0) is 30.9 Å². The maximum atomic E-state index is 12.5. The van der Waals surface area contributed by atoms with Crippen LogP contribution in [0.5, 0.6) is 0 Å². The van der Waals surface area contributed by atoms with Gasteiger partial charge in [-0.05, 0) is 12.0 Å². The molecule has 0 N–H and O–H groups in total. The summed E-state index contributed by atoms with van der Waals surface area (Å²) in [6, 6.07) is 9.28. The van der Waals surface area contributed by atoms with Gasteiger partial charge >= 0.3 is 0 Å². The van der Waals surface area contributed by atoms with Gasteiger partial charge < -0.3 is 14.3 Å². The molecule has 5 atom stereocenters. The van der Waals surface area contributed by atoms with Crippen LogP contribution in [0.2, 0.25) is 0 Å². The van der Waals surface area contributed by atoms with Crippen LogP contribution >= 0.6 is 0 Å². The molecule has 0 spiro atoms. The first-order chi connectivity index (χ1) is 10.1. The third-order valence-corrected chi connectivity index (χ3v) is 5.11. The zero-order valence-corrected chi connectivity index (χ0v) is 11.9. The molecule has 2 saturated heterocycles. The molecule has 2 aliphatic rings. The second-order valence-corrected chi connectivity index (χ2v) is 6.49. The molecule has 3 rings (SSSR count). The van der Waals surface area contributed by atoms with Gasteiger partial charge in [0.1, 0.15) is 6.10 Å². The van der Waals surface area contributed by atoms with E-state index in [4.69, 9.17) is 9.47 Å². The van der Waals surface area contributed by atoms with Gasteiger partial charge in [-0.25, -0.2) is 0 Å². The predicted octanol–water partition coefficient (Wildman–Crippen LogP) is 1.03. The lowest BCUT2D eigenvalue weighted by Gasteiger charge is -2.19. The average molecular weight is 313 g/mol. The van der Waals surface area contributed by atoms with Gasteiger partial charge in [0.2, 0.25) is 0 Å². The summed E-state index contributed by atoms with van der Waals surface area (Å²) in [5.41, 5.74) is 0.0446. The van der Waals surface area contributed by atoms with E-state index in [0.717, 1.165) is 5.56 Å². The van der Waals surface area contributed by atoms with Crippen molar-refractivity contribution in [3.63, 3.8) is 0 Å². The summed E-state index contributed by atoms with van der Waals surface area (Å²) in [5, 5.41) is 9.77. The van der Waals surface area contributed by atoms with Gasteiger partial charge in [0.15, 0.2) is 11.5 Å². The number of hydrogen-bond donors (Lipinski definition) is 0. The van der Waals surface area contributed by atoms with Gasteiger partial charge in [-0.1, -0.05) is 30.3 Å². The van der Waals surface area contributed by atoms with Gasteiger partial charge in [-0.3, -0.25) is 4.21 Å². The Morgan fingerprint density at radius 3 is 2.86 bits per heavy atom. The normalized spacial score (nSPS) is 32.6. The third-order valence-electron chi connectivity index (χ3n) is 3.60. The molecule has 7 nitrogen and oxygen atoms in total. The fourth-order valence-corrected chi connectivity index (χ4v) is 4.15. The second kappa shape index (κ2) is 6.08. The van der Waals surface area contributed by atoms with Crippen LogP contribution in [0.3, 0.4) is 0 Å². The predicted molar refractivity (Wildman–Crippen MR) is 73.2 cm³/mol. The maximum absolute atomic E-state index is 12.5. The number of ether oxygens (including phenoxy) is 2. The molecule has 0 amide bonds. The Bertz CT molecular complexity index is 539. The maximum Gasteiger partial charge on any atom is 0.295 e. The Morgan fingerprint density at radius 1 is 1.38 bits per heavy atom. The summed E-state index contributed by atoms with van der Waals surface area (Å²) in [4.78, 5) is 15.3. The molecule has 1 aromatic rings. The van der Waals surface area contributed by atoms with Crippen molar-refractivity contribution in [3.8, 4) is 0 Å². The number of nitrogens with zero attached hydrogens (tertiary/aromatic N) is 1. The number of fused-ring (bicyclic) bond motifs is 1. The van der Waals surface area contributed by atoms with E-state index in [1.807, 2.05) is 30.3 Å². The van der Waals surface area contributed by atoms with Gasteiger partial charge in [0.05, 0.1) is 22.7 Å². The van der Waals surface area contributed by atoms with Crippen molar-refractivity contribution in [2.24, 2.45) is 0 Å². The molecule has 2 heterocycles. The van der Waals surface area contributed by atoms with Crippen molar-refractivity contribution in [1.82, 2.24) is 0 Å². The minimum Gasteiger partial charge on any atom is -0.373 e. The number of hydrogen-bond acceptors (Lipinski definition) is 6. The smallest absolute Gasteiger partial charge is 0.295 e. The van der Waals surface area contributed by atoms with Crippen LogP contribution in [0.4, 0.5) is 0 Å². The minimum absolute atomic E-state index is 0.266. The van der Waals surface area contributed by atoms with Crippen molar-refractivity contribution < 1.29 is 23.6 Å². The van der Waals surface area contributed by atoms with Crippen LogP contribution in [0.25, 0.3) is 0 Å². The standard InChI is InChI=1S/C13H15NO6S/c15-14(16)20-12-11-10(6-7-18-11)19-13(12)21(17)8-9-4-2-1-3-5-9/h1-5,10-13H,6-8H2. The topological polar surface area (TPSA) is 87.9 Å². The van der Waals surface area contributed by atoms with Crippen LogP contribution in [0, 0.1) is 10.1 Å². The highest BCUT2D eigenvalue weighted by Crippen LogP contribution is 2.35. The van der Waals surface area contributed by atoms with E-state index in [2.05, 4.69) is 4.84 Å². The monoisotopic (exact) mass is 313 g/mol. The van der Waals surface area contributed by atoms with E-state index in [1.165, 1.54) is 0 Å². The molecule has 0 aromatic heterocycles. The van der Waals surface area contributed by atoms with E-state index in [1.54, 1.807) is 0 Å². The summed E-state index contributed by atoms with van der Waals surface area (Å²) < 4.78 is 23.6. The molecule has 2 aliphatic heterocycles. The van der Waals surface area contributed by atoms with Crippen molar-refractivity contribution in [1.29, 1.82) is 0 Å². The quantitative estimate of drug-likeness (QED) is 0.596. The van der Waals surface area contributed by atoms with Gasteiger partial charge in [-0.2, -0.15) is 0 Å². The average Bonchev–Trinajstić information content (AvgIpc) is 3.02. The van der Waals surface area contributed by atoms with E-state index in [-0.39, 0.29) is 11.9 Å². The van der Waals surface area contributed by atoms with E-state index in [9.17, 15) is 14.3 Å². The van der Waals surface area contributed by atoms with Crippen molar-refractivity contribution in [3.05, 3.63) is 46.0 Å². The van der Waals surface area contributed by atoms with Gasteiger partial charge in [-0.15, -0.1) is 10.1 Å². The molecule has 0 bridgehead atoms. The van der Waals surface area contributed by atoms with Crippen molar-refractivity contribution in [2.45, 2.75) is 35.9 Å². The third kappa shape index (κ3) is 3.07. The number of rotatable bonds is 5. The summed E-state index contributed by atoms with van der Waals surface area (Å²) >= 11 is 0. The summed E-state index contributed by atoms with van der Waals surface area (Å²) in [6.07, 6.45) is -1.08. The lowest BCUT2D eigenvalue weighted by atomic mass is 10.1.